The molecule has 1 aromatic rings. The van der Waals surface area contributed by atoms with Crippen molar-refractivity contribution in [3.8, 4) is 0 Å². The zero-order chi connectivity index (χ0) is 16.4. The highest BCUT2D eigenvalue weighted by Gasteiger charge is 2.05. The molecule has 0 saturated heterocycles. The standard InChI is InChI=1S/C15H24N4O3.ClH/c1-19(2)15(21)18-13-6-4-5-12(9-13)10-17-14(20)11-16-7-8-22-3;/h4-6,9,16H,7-8,10-11H2,1-3H3,(H,17,20)(H,18,21);1H. The Kier molecular flexibility index (Phi) is 10.8. The first-order valence-corrected chi connectivity index (χ1v) is 7.06. The average Bonchev–Trinajstić information content (AvgIpc) is 2.50. The Morgan fingerprint density at radius 3 is 2.65 bits per heavy atom. The summed E-state index contributed by atoms with van der Waals surface area (Å²) < 4.78 is 4.88. The molecule has 0 saturated carbocycles. The second kappa shape index (κ2) is 11.7. The number of anilines is 1. The lowest BCUT2D eigenvalue weighted by molar-refractivity contribution is -0.120. The number of hydrogen-bond donors (Lipinski definition) is 3. The van der Waals surface area contributed by atoms with E-state index >= 15 is 0 Å². The van der Waals surface area contributed by atoms with Gasteiger partial charge < -0.3 is 25.6 Å². The molecule has 0 aliphatic carbocycles. The number of methoxy groups -OCH3 is 1. The van der Waals surface area contributed by atoms with Crippen molar-refractivity contribution in [3.63, 3.8) is 0 Å². The SMILES string of the molecule is COCCNCC(=O)NCc1cccc(NC(=O)N(C)C)c1.Cl. The van der Waals surface area contributed by atoms with Crippen LogP contribution in [-0.4, -0.2) is 57.7 Å². The van der Waals surface area contributed by atoms with Gasteiger partial charge in [0, 0.05) is 40.0 Å². The van der Waals surface area contributed by atoms with Gasteiger partial charge in [0.25, 0.3) is 0 Å². The Labute approximate surface area is 143 Å². The summed E-state index contributed by atoms with van der Waals surface area (Å²) in [7, 11) is 4.97. The molecule has 8 heteroatoms. The van der Waals surface area contributed by atoms with Crippen LogP contribution in [0.5, 0.6) is 0 Å². The molecule has 0 spiro atoms. The molecule has 3 N–H and O–H groups in total. The van der Waals surface area contributed by atoms with Gasteiger partial charge in [0.05, 0.1) is 13.2 Å². The number of nitrogens with zero attached hydrogens (tertiary/aromatic N) is 1. The van der Waals surface area contributed by atoms with Gasteiger partial charge in [0.1, 0.15) is 0 Å². The Hall–Kier alpha value is -1.83. The predicted octanol–water partition coefficient (Wildman–Crippen LogP) is 1.05. The monoisotopic (exact) mass is 344 g/mol. The Bertz CT molecular complexity index is 497. The van der Waals surface area contributed by atoms with E-state index in [9.17, 15) is 9.59 Å². The van der Waals surface area contributed by atoms with E-state index in [-0.39, 0.29) is 30.9 Å². The molecular formula is C15H25ClN4O3. The summed E-state index contributed by atoms with van der Waals surface area (Å²) in [5.74, 6) is -0.0844. The summed E-state index contributed by atoms with van der Waals surface area (Å²) in [6.45, 7) is 1.87. The van der Waals surface area contributed by atoms with Crippen molar-refractivity contribution in [2.24, 2.45) is 0 Å². The quantitative estimate of drug-likeness (QED) is 0.616. The molecule has 0 aliphatic rings. The van der Waals surface area contributed by atoms with Crippen molar-refractivity contribution in [1.29, 1.82) is 0 Å². The smallest absolute Gasteiger partial charge is 0.321 e. The van der Waals surface area contributed by atoms with Gasteiger partial charge in [-0.3, -0.25) is 4.79 Å². The van der Waals surface area contributed by atoms with Crippen molar-refractivity contribution in [2.75, 3.05) is 46.2 Å². The number of ether oxygens (including phenoxy) is 1. The minimum atomic E-state index is -0.191. The van der Waals surface area contributed by atoms with Crippen LogP contribution < -0.4 is 16.0 Å². The van der Waals surface area contributed by atoms with Crippen molar-refractivity contribution < 1.29 is 14.3 Å². The third-order valence-corrected chi connectivity index (χ3v) is 2.84. The first-order valence-electron chi connectivity index (χ1n) is 7.06. The molecule has 1 aromatic carbocycles. The zero-order valence-electron chi connectivity index (χ0n) is 13.7. The molecule has 0 atom stereocenters. The van der Waals surface area contributed by atoms with Gasteiger partial charge in [-0.1, -0.05) is 12.1 Å². The molecule has 7 nitrogen and oxygen atoms in total. The van der Waals surface area contributed by atoms with Crippen molar-refractivity contribution >= 4 is 30.0 Å². The predicted molar refractivity (Wildman–Crippen MR) is 93.0 cm³/mol. The van der Waals surface area contributed by atoms with Crippen LogP contribution in [0.15, 0.2) is 24.3 Å². The van der Waals surface area contributed by atoms with Crippen LogP contribution in [-0.2, 0) is 16.1 Å². The maximum absolute atomic E-state index is 11.6. The molecule has 0 heterocycles. The summed E-state index contributed by atoms with van der Waals surface area (Å²) in [5.41, 5.74) is 1.62. The fourth-order valence-corrected chi connectivity index (χ4v) is 1.63. The van der Waals surface area contributed by atoms with Gasteiger partial charge in [-0.15, -0.1) is 12.4 Å². The van der Waals surface area contributed by atoms with Crippen LogP contribution in [0.3, 0.4) is 0 Å². The number of amides is 3. The first kappa shape index (κ1) is 21.2. The fourth-order valence-electron chi connectivity index (χ4n) is 1.63. The highest BCUT2D eigenvalue weighted by molar-refractivity contribution is 5.89. The van der Waals surface area contributed by atoms with Gasteiger partial charge in [0.15, 0.2) is 0 Å². The van der Waals surface area contributed by atoms with Crippen LogP contribution in [0.4, 0.5) is 10.5 Å². The maximum Gasteiger partial charge on any atom is 0.321 e. The van der Waals surface area contributed by atoms with Gasteiger partial charge in [-0.2, -0.15) is 0 Å². The topological polar surface area (TPSA) is 82.7 Å². The lowest BCUT2D eigenvalue weighted by Crippen LogP contribution is -2.34. The van der Waals surface area contributed by atoms with E-state index in [0.717, 1.165) is 5.56 Å². The minimum absolute atomic E-state index is 0. The highest BCUT2D eigenvalue weighted by atomic mass is 35.5. The Morgan fingerprint density at radius 1 is 1.26 bits per heavy atom. The number of urea groups is 1. The summed E-state index contributed by atoms with van der Waals surface area (Å²) >= 11 is 0. The number of hydrogen-bond acceptors (Lipinski definition) is 4. The molecule has 130 valence electrons. The second-order valence-corrected chi connectivity index (χ2v) is 4.97. The van der Waals surface area contributed by atoms with E-state index in [4.69, 9.17) is 4.74 Å². The van der Waals surface area contributed by atoms with E-state index in [1.54, 1.807) is 27.3 Å². The lowest BCUT2D eigenvalue weighted by Gasteiger charge is -2.13. The number of benzene rings is 1. The zero-order valence-corrected chi connectivity index (χ0v) is 14.5. The van der Waals surface area contributed by atoms with Crippen molar-refractivity contribution in [1.82, 2.24) is 15.5 Å². The second-order valence-electron chi connectivity index (χ2n) is 4.97. The van der Waals surface area contributed by atoms with E-state index in [0.29, 0.717) is 25.4 Å². The van der Waals surface area contributed by atoms with Gasteiger partial charge in [-0.05, 0) is 17.7 Å². The number of rotatable bonds is 8. The fraction of sp³-hybridized carbons (Fsp3) is 0.467. The number of carbonyl (C=O) groups excluding carboxylic acids is 2. The average molecular weight is 345 g/mol. The van der Waals surface area contributed by atoms with Crippen LogP contribution in [0.25, 0.3) is 0 Å². The van der Waals surface area contributed by atoms with Crippen LogP contribution in [0.2, 0.25) is 0 Å². The van der Waals surface area contributed by atoms with Gasteiger partial charge >= 0.3 is 6.03 Å². The minimum Gasteiger partial charge on any atom is -0.383 e. The molecule has 0 aliphatic heterocycles. The van der Waals surface area contributed by atoms with Gasteiger partial charge in [-0.25, -0.2) is 4.79 Å². The summed E-state index contributed by atoms with van der Waals surface area (Å²) in [6, 6.07) is 7.18. The molecule has 3 amide bonds. The molecule has 0 aromatic heterocycles. The molecule has 0 unspecified atom stereocenters. The third kappa shape index (κ3) is 9.02. The van der Waals surface area contributed by atoms with E-state index in [2.05, 4.69) is 16.0 Å². The molecule has 1 rings (SSSR count). The van der Waals surface area contributed by atoms with E-state index in [1.807, 2.05) is 18.2 Å². The Morgan fingerprint density at radius 2 is 2.00 bits per heavy atom. The normalized spacial score (nSPS) is 9.70. The number of halogens is 1. The summed E-state index contributed by atoms with van der Waals surface area (Å²) in [6.07, 6.45) is 0. The highest BCUT2D eigenvalue weighted by Crippen LogP contribution is 2.10. The van der Waals surface area contributed by atoms with Crippen molar-refractivity contribution in [3.05, 3.63) is 29.8 Å². The van der Waals surface area contributed by atoms with Crippen LogP contribution in [0, 0.1) is 0 Å². The van der Waals surface area contributed by atoms with Gasteiger partial charge in [0.2, 0.25) is 5.91 Å². The van der Waals surface area contributed by atoms with E-state index in [1.165, 1.54) is 4.90 Å². The lowest BCUT2D eigenvalue weighted by atomic mass is 10.2. The molecule has 23 heavy (non-hydrogen) atoms. The molecule has 0 fully saturated rings. The number of nitrogens with one attached hydrogen (secondary N) is 3. The van der Waals surface area contributed by atoms with E-state index < -0.39 is 0 Å². The van der Waals surface area contributed by atoms with Crippen LogP contribution in [0.1, 0.15) is 5.56 Å². The number of carbonyl (C=O) groups is 2. The molecule has 0 radical (unpaired) electrons. The van der Waals surface area contributed by atoms with Crippen LogP contribution >= 0.6 is 12.4 Å². The summed E-state index contributed by atoms with van der Waals surface area (Å²) in [5, 5.41) is 8.55. The maximum atomic E-state index is 11.6. The molecular weight excluding hydrogens is 320 g/mol. The summed E-state index contributed by atoms with van der Waals surface area (Å²) in [4.78, 5) is 24.7. The molecule has 0 bridgehead atoms. The van der Waals surface area contributed by atoms with Crippen molar-refractivity contribution in [2.45, 2.75) is 6.54 Å². The first-order chi connectivity index (χ1) is 10.5. The Balaban J connectivity index is 0.00000484. The third-order valence-electron chi connectivity index (χ3n) is 2.84. The largest absolute Gasteiger partial charge is 0.383 e.